The predicted molar refractivity (Wildman–Crippen MR) is 74.0 cm³/mol. The highest BCUT2D eigenvalue weighted by Gasteiger charge is 2.36. The van der Waals surface area contributed by atoms with Gasteiger partial charge >= 0.3 is 0 Å². The van der Waals surface area contributed by atoms with Crippen LogP contribution in [0.5, 0.6) is 0 Å². The van der Waals surface area contributed by atoms with Crippen LogP contribution >= 0.6 is 0 Å². The van der Waals surface area contributed by atoms with Crippen LogP contribution in [0.15, 0.2) is 36.8 Å². The first-order chi connectivity index (χ1) is 10.0. The Morgan fingerprint density at radius 1 is 1.48 bits per heavy atom. The van der Waals surface area contributed by atoms with Gasteiger partial charge in [-0.3, -0.25) is 4.79 Å². The van der Waals surface area contributed by atoms with Crippen molar-refractivity contribution in [3.8, 4) is 0 Å². The number of benzene rings is 1. The second-order valence-electron chi connectivity index (χ2n) is 5.34. The highest BCUT2D eigenvalue weighted by Crippen LogP contribution is 2.33. The lowest BCUT2D eigenvalue weighted by molar-refractivity contribution is 0.0710. The van der Waals surface area contributed by atoms with Gasteiger partial charge in [-0.1, -0.05) is 12.1 Å². The van der Waals surface area contributed by atoms with E-state index in [2.05, 4.69) is 4.98 Å². The number of aromatic nitrogens is 2. The molecule has 2 aromatic rings. The molecule has 0 bridgehead atoms. The molecule has 0 saturated carbocycles. The molecule has 5 nitrogen and oxygen atoms in total. The average Bonchev–Trinajstić information content (AvgIpc) is 3.04. The number of aliphatic hydroxyl groups excluding tert-OH is 1. The molecule has 1 aliphatic rings. The third-order valence-electron chi connectivity index (χ3n) is 3.70. The Hall–Kier alpha value is -2.21. The van der Waals surface area contributed by atoms with Crippen LogP contribution in [0.4, 0.5) is 4.39 Å². The number of hydrogen-bond donors (Lipinski definition) is 1. The first kappa shape index (κ1) is 13.8. The third kappa shape index (κ3) is 2.67. The van der Waals surface area contributed by atoms with E-state index in [4.69, 9.17) is 0 Å². The van der Waals surface area contributed by atoms with Crippen LogP contribution in [0.2, 0.25) is 0 Å². The van der Waals surface area contributed by atoms with E-state index >= 15 is 0 Å². The number of nitrogens with zero attached hydrogens (tertiary/aromatic N) is 3. The number of rotatable bonds is 2. The Morgan fingerprint density at radius 3 is 2.95 bits per heavy atom. The van der Waals surface area contributed by atoms with Gasteiger partial charge in [0, 0.05) is 19.8 Å². The van der Waals surface area contributed by atoms with Gasteiger partial charge in [0.15, 0.2) is 0 Å². The Balaban J connectivity index is 1.91. The summed E-state index contributed by atoms with van der Waals surface area (Å²) in [6, 6.07) is 5.81. The molecule has 6 heteroatoms. The van der Waals surface area contributed by atoms with E-state index in [9.17, 15) is 14.3 Å². The molecule has 110 valence electrons. The number of carbonyl (C=O) groups is 1. The van der Waals surface area contributed by atoms with Crippen molar-refractivity contribution < 1.29 is 14.3 Å². The van der Waals surface area contributed by atoms with Crippen molar-refractivity contribution >= 4 is 5.91 Å². The van der Waals surface area contributed by atoms with Crippen LogP contribution in [-0.4, -0.2) is 38.1 Å². The fraction of sp³-hybridized carbons (Fsp3) is 0.333. The Bertz CT molecular complexity index is 670. The fourth-order valence-electron chi connectivity index (χ4n) is 2.74. The van der Waals surface area contributed by atoms with Crippen molar-refractivity contribution in [2.45, 2.75) is 18.6 Å². The van der Waals surface area contributed by atoms with Gasteiger partial charge in [-0.25, -0.2) is 9.37 Å². The molecule has 3 rings (SSSR count). The Labute approximate surface area is 121 Å². The molecular weight excluding hydrogens is 273 g/mol. The normalized spacial score (nSPS) is 21.8. The molecule has 1 saturated heterocycles. The van der Waals surface area contributed by atoms with Crippen molar-refractivity contribution in [3.63, 3.8) is 0 Å². The first-order valence-electron chi connectivity index (χ1n) is 6.77. The summed E-state index contributed by atoms with van der Waals surface area (Å²) in [5, 5.41) is 9.89. The van der Waals surface area contributed by atoms with Crippen molar-refractivity contribution in [1.29, 1.82) is 0 Å². The van der Waals surface area contributed by atoms with Gasteiger partial charge in [0.2, 0.25) is 0 Å². The number of amides is 1. The molecule has 0 aliphatic carbocycles. The van der Waals surface area contributed by atoms with E-state index in [-0.39, 0.29) is 24.3 Å². The maximum absolute atomic E-state index is 13.4. The number of β-amino-alcohol motifs (C(OH)–C–C–N with tert-alkyl or cyclic N) is 1. The molecule has 2 heterocycles. The SMILES string of the molecule is Cn1cnc(C(=O)N2CC(O)CC2c2cccc(F)c2)c1. The Morgan fingerprint density at radius 2 is 2.29 bits per heavy atom. The molecule has 1 aromatic carbocycles. The first-order valence-corrected chi connectivity index (χ1v) is 6.77. The van der Waals surface area contributed by atoms with Gasteiger partial charge in [-0.15, -0.1) is 0 Å². The molecule has 21 heavy (non-hydrogen) atoms. The monoisotopic (exact) mass is 289 g/mol. The van der Waals surface area contributed by atoms with Crippen LogP contribution < -0.4 is 0 Å². The van der Waals surface area contributed by atoms with E-state index in [1.54, 1.807) is 41.2 Å². The number of halogens is 1. The standard InChI is InChI=1S/C15H16FN3O2/c1-18-8-13(17-9-18)15(21)19-7-12(20)6-14(19)10-3-2-4-11(16)5-10/h2-5,8-9,12,14,20H,6-7H2,1H3. The summed E-state index contributed by atoms with van der Waals surface area (Å²) in [7, 11) is 1.78. The van der Waals surface area contributed by atoms with E-state index in [1.165, 1.54) is 12.1 Å². The maximum atomic E-state index is 13.4. The lowest BCUT2D eigenvalue weighted by atomic mass is 10.0. The van der Waals surface area contributed by atoms with Crippen LogP contribution in [0.1, 0.15) is 28.5 Å². The molecular formula is C15H16FN3O2. The summed E-state index contributed by atoms with van der Waals surface area (Å²) >= 11 is 0. The summed E-state index contributed by atoms with van der Waals surface area (Å²) in [6.07, 6.45) is 2.99. The number of carbonyl (C=O) groups excluding carboxylic acids is 1. The molecule has 1 N–H and O–H groups in total. The van der Waals surface area contributed by atoms with Gasteiger partial charge < -0.3 is 14.6 Å². The zero-order valence-corrected chi connectivity index (χ0v) is 11.6. The van der Waals surface area contributed by atoms with Crippen molar-refractivity contribution in [1.82, 2.24) is 14.5 Å². The van der Waals surface area contributed by atoms with Gasteiger partial charge in [-0.2, -0.15) is 0 Å². The maximum Gasteiger partial charge on any atom is 0.274 e. The number of hydrogen-bond acceptors (Lipinski definition) is 3. The van der Waals surface area contributed by atoms with Crippen LogP contribution in [0.3, 0.4) is 0 Å². The zero-order chi connectivity index (χ0) is 15.0. The van der Waals surface area contributed by atoms with E-state index < -0.39 is 6.10 Å². The summed E-state index contributed by atoms with van der Waals surface area (Å²) < 4.78 is 15.1. The molecule has 1 fully saturated rings. The quantitative estimate of drug-likeness (QED) is 0.911. The number of aliphatic hydroxyl groups is 1. The van der Waals surface area contributed by atoms with Crippen LogP contribution in [0.25, 0.3) is 0 Å². The van der Waals surface area contributed by atoms with E-state index in [1.807, 2.05) is 0 Å². The second-order valence-corrected chi connectivity index (χ2v) is 5.34. The average molecular weight is 289 g/mol. The smallest absolute Gasteiger partial charge is 0.274 e. The molecule has 0 radical (unpaired) electrons. The minimum Gasteiger partial charge on any atom is -0.391 e. The number of imidazole rings is 1. The molecule has 1 amide bonds. The summed E-state index contributed by atoms with van der Waals surface area (Å²) in [6.45, 7) is 0.233. The summed E-state index contributed by atoms with van der Waals surface area (Å²) in [4.78, 5) is 18.1. The Kier molecular flexibility index (Phi) is 3.47. The molecule has 2 atom stereocenters. The van der Waals surface area contributed by atoms with E-state index in [0.717, 1.165) is 0 Å². The second kappa shape index (κ2) is 5.29. The highest BCUT2D eigenvalue weighted by atomic mass is 19.1. The topological polar surface area (TPSA) is 58.4 Å². The zero-order valence-electron chi connectivity index (χ0n) is 11.6. The van der Waals surface area contributed by atoms with Crippen molar-refractivity contribution in [2.75, 3.05) is 6.54 Å². The molecule has 1 aliphatic heterocycles. The largest absolute Gasteiger partial charge is 0.391 e. The lowest BCUT2D eigenvalue weighted by Gasteiger charge is -2.24. The van der Waals surface area contributed by atoms with Crippen LogP contribution in [-0.2, 0) is 7.05 Å². The summed E-state index contributed by atoms with van der Waals surface area (Å²) in [5.74, 6) is -0.597. The lowest BCUT2D eigenvalue weighted by Crippen LogP contribution is -2.32. The van der Waals surface area contributed by atoms with Gasteiger partial charge in [0.25, 0.3) is 5.91 Å². The van der Waals surface area contributed by atoms with Crippen LogP contribution in [0, 0.1) is 5.82 Å². The fourth-order valence-corrected chi connectivity index (χ4v) is 2.74. The van der Waals surface area contributed by atoms with Gasteiger partial charge in [-0.05, 0) is 24.1 Å². The minimum atomic E-state index is -0.606. The molecule has 1 aromatic heterocycles. The summed E-state index contributed by atoms with van der Waals surface area (Å²) in [5.41, 5.74) is 1.02. The number of likely N-dealkylation sites (tertiary alicyclic amines) is 1. The van der Waals surface area contributed by atoms with Gasteiger partial charge in [0.05, 0.1) is 18.5 Å². The highest BCUT2D eigenvalue weighted by molar-refractivity contribution is 5.92. The molecule has 2 unspecified atom stereocenters. The van der Waals surface area contributed by atoms with E-state index in [0.29, 0.717) is 17.7 Å². The molecule has 0 spiro atoms. The third-order valence-corrected chi connectivity index (χ3v) is 3.70. The minimum absolute atomic E-state index is 0.233. The van der Waals surface area contributed by atoms with Crippen molar-refractivity contribution in [3.05, 3.63) is 53.9 Å². The van der Waals surface area contributed by atoms with Crippen molar-refractivity contribution in [2.24, 2.45) is 7.05 Å². The predicted octanol–water partition coefficient (Wildman–Crippen LogP) is 1.51. The van der Waals surface area contributed by atoms with Gasteiger partial charge in [0.1, 0.15) is 11.5 Å². The number of aryl methyl sites for hydroxylation is 1.